The number of aromatic nitrogens is 1. The Bertz CT molecular complexity index is 1210. The van der Waals surface area contributed by atoms with Crippen LogP contribution in [0.25, 0.3) is 22.2 Å². The molecule has 4 rings (SSSR count). The van der Waals surface area contributed by atoms with Crippen LogP contribution in [0.1, 0.15) is 11.1 Å². The van der Waals surface area contributed by atoms with Gasteiger partial charge in [-0.25, -0.2) is 0 Å². The Morgan fingerprint density at radius 2 is 1.43 bits per heavy atom. The van der Waals surface area contributed by atoms with E-state index in [1.807, 2.05) is 48.5 Å². The molecule has 7 N–H and O–H groups in total. The van der Waals surface area contributed by atoms with Crippen molar-refractivity contribution >= 4 is 22.6 Å². The Hall–Kier alpha value is -4.06. The van der Waals surface area contributed by atoms with Gasteiger partial charge in [-0.1, -0.05) is 36.4 Å². The van der Waals surface area contributed by atoms with Crippen LogP contribution in [0.4, 0.5) is 0 Å². The fraction of sp³-hybridized carbons (Fsp3) is 0. The van der Waals surface area contributed by atoms with Crippen LogP contribution >= 0.6 is 0 Å². The molecule has 4 aromatic rings. The number of fused-ring (bicyclic) bond motifs is 1. The Kier molecular flexibility index (Phi) is 4.29. The lowest BCUT2D eigenvalue weighted by Crippen LogP contribution is -2.10. The minimum atomic E-state index is 0.00204. The van der Waals surface area contributed by atoms with E-state index >= 15 is 0 Å². The van der Waals surface area contributed by atoms with E-state index in [1.165, 1.54) is 0 Å². The SMILES string of the molecule is N=C(N)c1cccc(Oc2cccc(-c3cc4ccc(C(=N)N)cc4[nH]3)c2)c1. The summed E-state index contributed by atoms with van der Waals surface area (Å²) in [6.45, 7) is 0. The number of rotatable bonds is 5. The topological polar surface area (TPSA) is 125 Å². The van der Waals surface area contributed by atoms with Gasteiger partial charge < -0.3 is 21.2 Å². The summed E-state index contributed by atoms with van der Waals surface area (Å²) in [4.78, 5) is 3.37. The summed E-state index contributed by atoms with van der Waals surface area (Å²) in [5.74, 6) is 1.34. The first-order valence-corrected chi connectivity index (χ1v) is 8.69. The zero-order valence-corrected chi connectivity index (χ0v) is 15.0. The summed E-state index contributed by atoms with van der Waals surface area (Å²) in [6, 6.07) is 22.6. The van der Waals surface area contributed by atoms with Crippen molar-refractivity contribution in [3.05, 3.63) is 83.9 Å². The van der Waals surface area contributed by atoms with Gasteiger partial charge in [0.2, 0.25) is 0 Å². The van der Waals surface area contributed by atoms with Gasteiger partial charge in [-0.15, -0.1) is 0 Å². The number of nitrogens with two attached hydrogens (primary N) is 2. The minimum absolute atomic E-state index is 0.00204. The number of hydrogen-bond acceptors (Lipinski definition) is 3. The van der Waals surface area contributed by atoms with Gasteiger partial charge in [-0.05, 0) is 36.4 Å². The highest BCUT2D eigenvalue weighted by Gasteiger charge is 2.07. The fourth-order valence-electron chi connectivity index (χ4n) is 3.04. The number of nitrogen functional groups attached to an aromatic ring is 2. The second-order valence-corrected chi connectivity index (χ2v) is 6.47. The van der Waals surface area contributed by atoms with Gasteiger partial charge in [-0.2, -0.15) is 0 Å². The summed E-state index contributed by atoms with van der Waals surface area (Å²) >= 11 is 0. The first-order valence-electron chi connectivity index (χ1n) is 8.69. The van der Waals surface area contributed by atoms with Gasteiger partial charge in [0, 0.05) is 33.3 Å². The lowest BCUT2D eigenvalue weighted by atomic mass is 10.1. The standard InChI is InChI=1S/C22H19N5O/c23-21(24)15-4-2-6-18(10-15)28-17-5-1-3-13(9-17)19-11-14-7-8-16(22(25)26)12-20(14)27-19/h1-12,27H,(H3,23,24)(H3,25,26). The van der Waals surface area contributed by atoms with E-state index in [4.69, 9.17) is 27.0 Å². The van der Waals surface area contributed by atoms with Gasteiger partial charge in [0.15, 0.2) is 0 Å². The van der Waals surface area contributed by atoms with Crippen molar-refractivity contribution in [3.8, 4) is 22.8 Å². The van der Waals surface area contributed by atoms with Crippen molar-refractivity contribution in [2.75, 3.05) is 0 Å². The molecular formula is C22H19N5O. The summed E-state index contributed by atoms with van der Waals surface area (Å²) in [7, 11) is 0. The quantitative estimate of drug-likeness (QED) is 0.267. The van der Waals surface area contributed by atoms with Crippen LogP contribution in [-0.4, -0.2) is 16.7 Å². The molecule has 3 aromatic carbocycles. The predicted molar refractivity (Wildman–Crippen MR) is 112 cm³/mol. The van der Waals surface area contributed by atoms with Crippen LogP contribution in [0.5, 0.6) is 11.5 Å². The number of aromatic amines is 1. The number of benzene rings is 3. The Morgan fingerprint density at radius 3 is 2.18 bits per heavy atom. The number of H-pyrrole nitrogens is 1. The van der Waals surface area contributed by atoms with Crippen molar-refractivity contribution in [1.82, 2.24) is 4.98 Å². The van der Waals surface area contributed by atoms with Crippen LogP contribution in [0, 0.1) is 10.8 Å². The average molecular weight is 369 g/mol. The minimum Gasteiger partial charge on any atom is -0.457 e. The van der Waals surface area contributed by atoms with Gasteiger partial charge in [-0.3, -0.25) is 10.8 Å². The number of ether oxygens (including phenoxy) is 1. The third-order valence-electron chi connectivity index (χ3n) is 4.46. The third-order valence-corrected chi connectivity index (χ3v) is 4.46. The zero-order valence-electron chi connectivity index (χ0n) is 15.0. The summed E-state index contributed by atoms with van der Waals surface area (Å²) < 4.78 is 5.95. The predicted octanol–water partition coefficient (Wildman–Crippen LogP) is 4.20. The first kappa shape index (κ1) is 17.4. The smallest absolute Gasteiger partial charge is 0.128 e. The highest BCUT2D eigenvalue weighted by molar-refractivity contribution is 5.99. The number of hydrogen-bond donors (Lipinski definition) is 5. The van der Waals surface area contributed by atoms with Crippen LogP contribution < -0.4 is 16.2 Å². The summed E-state index contributed by atoms with van der Waals surface area (Å²) in [6.07, 6.45) is 0. The molecule has 0 saturated carbocycles. The number of amidine groups is 2. The molecule has 0 saturated heterocycles. The highest BCUT2D eigenvalue weighted by atomic mass is 16.5. The fourth-order valence-corrected chi connectivity index (χ4v) is 3.04. The van der Waals surface area contributed by atoms with Gasteiger partial charge in [0.25, 0.3) is 0 Å². The third kappa shape index (κ3) is 3.43. The second-order valence-electron chi connectivity index (χ2n) is 6.47. The second kappa shape index (κ2) is 6.92. The summed E-state index contributed by atoms with van der Waals surface area (Å²) in [5.41, 5.74) is 15.3. The lowest BCUT2D eigenvalue weighted by molar-refractivity contribution is 0.483. The molecule has 0 spiro atoms. The van der Waals surface area contributed by atoms with Crippen molar-refractivity contribution < 1.29 is 4.74 Å². The maximum atomic E-state index is 7.58. The zero-order chi connectivity index (χ0) is 19.7. The lowest BCUT2D eigenvalue weighted by Gasteiger charge is -2.08. The maximum absolute atomic E-state index is 7.58. The van der Waals surface area contributed by atoms with E-state index in [1.54, 1.807) is 18.2 Å². The van der Waals surface area contributed by atoms with E-state index in [-0.39, 0.29) is 11.7 Å². The maximum Gasteiger partial charge on any atom is 0.128 e. The van der Waals surface area contributed by atoms with Crippen LogP contribution in [-0.2, 0) is 0 Å². The number of nitrogens with one attached hydrogen (secondary N) is 3. The van der Waals surface area contributed by atoms with E-state index in [0.29, 0.717) is 22.6 Å². The molecular weight excluding hydrogens is 350 g/mol. The van der Waals surface area contributed by atoms with E-state index in [2.05, 4.69) is 11.1 Å². The summed E-state index contributed by atoms with van der Waals surface area (Å²) in [5, 5.41) is 16.2. The highest BCUT2D eigenvalue weighted by Crippen LogP contribution is 2.29. The monoisotopic (exact) mass is 369 g/mol. The van der Waals surface area contributed by atoms with E-state index in [9.17, 15) is 0 Å². The Balaban J connectivity index is 1.65. The van der Waals surface area contributed by atoms with Crippen LogP contribution in [0.2, 0.25) is 0 Å². The molecule has 6 nitrogen and oxygen atoms in total. The van der Waals surface area contributed by atoms with Crippen LogP contribution in [0.15, 0.2) is 72.8 Å². The first-order chi connectivity index (χ1) is 13.5. The molecule has 0 bridgehead atoms. The molecule has 0 unspecified atom stereocenters. The molecule has 0 aliphatic carbocycles. The molecule has 0 amide bonds. The van der Waals surface area contributed by atoms with Gasteiger partial charge in [0.1, 0.15) is 23.2 Å². The van der Waals surface area contributed by atoms with E-state index in [0.717, 1.165) is 22.2 Å². The molecule has 0 fully saturated rings. The molecule has 138 valence electrons. The molecule has 0 atom stereocenters. The molecule has 1 heterocycles. The molecule has 1 aromatic heterocycles. The van der Waals surface area contributed by atoms with Gasteiger partial charge in [0.05, 0.1) is 0 Å². The van der Waals surface area contributed by atoms with Crippen molar-refractivity contribution in [1.29, 1.82) is 10.8 Å². The van der Waals surface area contributed by atoms with Crippen molar-refractivity contribution in [2.45, 2.75) is 0 Å². The van der Waals surface area contributed by atoms with Crippen molar-refractivity contribution in [2.24, 2.45) is 11.5 Å². The largest absolute Gasteiger partial charge is 0.457 e. The Morgan fingerprint density at radius 1 is 0.750 bits per heavy atom. The molecule has 0 radical (unpaired) electrons. The molecule has 6 heteroatoms. The normalized spacial score (nSPS) is 10.7. The Labute approximate surface area is 161 Å². The van der Waals surface area contributed by atoms with E-state index < -0.39 is 0 Å². The van der Waals surface area contributed by atoms with Gasteiger partial charge >= 0.3 is 0 Å². The van der Waals surface area contributed by atoms with Crippen LogP contribution in [0.3, 0.4) is 0 Å². The molecule has 0 aliphatic heterocycles. The molecule has 28 heavy (non-hydrogen) atoms. The average Bonchev–Trinajstić information content (AvgIpc) is 3.12. The molecule has 0 aliphatic rings. The van der Waals surface area contributed by atoms with Crippen molar-refractivity contribution in [3.63, 3.8) is 0 Å².